The number of rotatable bonds is 4. The minimum atomic E-state index is -4.52. The normalized spacial score (nSPS) is 46.9. The van der Waals surface area contributed by atoms with Gasteiger partial charge >= 0.3 is 6.18 Å². The second-order valence-electron chi connectivity index (χ2n) is 14.6. The predicted molar refractivity (Wildman–Crippen MR) is 130 cm³/mol. The molecule has 0 saturated heterocycles. The summed E-state index contributed by atoms with van der Waals surface area (Å²) in [7, 11) is 0. The van der Waals surface area contributed by atoms with Crippen molar-refractivity contribution in [1.82, 2.24) is 0 Å². The van der Waals surface area contributed by atoms with Gasteiger partial charge in [0.25, 0.3) is 0 Å². The van der Waals surface area contributed by atoms with Crippen molar-refractivity contribution in [2.45, 2.75) is 130 Å². The summed E-state index contributed by atoms with van der Waals surface area (Å²) in [6.07, 6.45) is 4.08. The summed E-state index contributed by atoms with van der Waals surface area (Å²) >= 11 is 0. The molecule has 10 atom stereocenters. The van der Waals surface area contributed by atoms with Crippen LogP contribution in [0.25, 0.3) is 0 Å². The van der Waals surface area contributed by atoms with E-state index < -0.39 is 11.8 Å². The van der Waals surface area contributed by atoms with E-state index in [2.05, 4.69) is 41.5 Å². The molecule has 5 heteroatoms. The highest BCUT2D eigenvalue weighted by atomic mass is 19.4. The van der Waals surface area contributed by atoms with Crippen LogP contribution in [-0.2, 0) is 0 Å². The molecule has 0 aromatic rings. The second kappa shape index (κ2) is 8.64. The zero-order valence-electron chi connectivity index (χ0n) is 22.3. The molecule has 0 spiro atoms. The van der Waals surface area contributed by atoms with Crippen molar-refractivity contribution in [3.63, 3.8) is 0 Å². The van der Waals surface area contributed by atoms with E-state index in [9.17, 15) is 23.4 Å². The summed E-state index contributed by atoms with van der Waals surface area (Å²) in [5.41, 5.74) is -2.31. The first-order valence-electron chi connectivity index (χ1n) is 14.0. The van der Waals surface area contributed by atoms with Crippen LogP contribution in [0, 0.1) is 51.8 Å². The fourth-order valence-corrected chi connectivity index (χ4v) is 9.53. The molecule has 0 heterocycles. The highest BCUT2D eigenvalue weighted by Gasteiger charge is 2.65. The van der Waals surface area contributed by atoms with E-state index in [1.165, 1.54) is 19.3 Å². The minimum absolute atomic E-state index is 0.0199. The topological polar surface area (TPSA) is 40.5 Å². The fraction of sp³-hybridized carbons (Fsp3) is 1.00. The van der Waals surface area contributed by atoms with Gasteiger partial charge in [-0.15, -0.1) is 0 Å². The molecule has 0 aromatic carbocycles. The third kappa shape index (κ3) is 4.27. The van der Waals surface area contributed by atoms with Crippen LogP contribution < -0.4 is 0 Å². The van der Waals surface area contributed by atoms with E-state index in [0.29, 0.717) is 41.4 Å². The molecule has 0 aliphatic heterocycles. The van der Waals surface area contributed by atoms with Crippen LogP contribution >= 0.6 is 0 Å². The smallest absolute Gasteiger partial charge is 0.393 e. The zero-order valence-corrected chi connectivity index (χ0v) is 22.3. The van der Waals surface area contributed by atoms with Crippen LogP contribution in [0.4, 0.5) is 13.2 Å². The minimum Gasteiger partial charge on any atom is -0.393 e. The molecule has 0 amide bonds. The molecular weight excluding hydrogens is 437 g/mol. The highest BCUT2D eigenvalue weighted by Crippen LogP contribution is 2.69. The van der Waals surface area contributed by atoms with Gasteiger partial charge in [-0.2, -0.15) is 13.2 Å². The maximum absolute atomic E-state index is 13.6. The number of fused-ring (bicyclic) bond motifs is 5. The van der Waals surface area contributed by atoms with E-state index in [4.69, 9.17) is 0 Å². The number of alkyl halides is 3. The molecule has 4 aliphatic rings. The van der Waals surface area contributed by atoms with Gasteiger partial charge in [0.05, 0.1) is 6.10 Å². The first kappa shape index (κ1) is 26.8. The Kier molecular flexibility index (Phi) is 6.80. The van der Waals surface area contributed by atoms with Gasteiger partial charge in [0.15, 0.2) is 5.60 Å². The zero-order chi connectivity index (χ0) is 25.3. The molecule has 34 heavy (non-hydrogen) atoms. The van der Waals surface area contributed by atoms with Gasteiger partial charge in [0.1, 0.15) is 0 Å². The lowest BCUT2D eigenvalue weighted by Crippen LogP contribution is -2.59. The number of aliphatic hydroxyl groups excluding tert-OH is 1. The summed E-state index contributed by atoms with van der Waals surface area (Å²) in [4.78, 5) is 0. The van der Waals surface area contributed by atoms with Gasteiger partial charge < -0.3 is 10.2 Å². The SMILES string of the molecule is C[C@H](CC[C@@H](O)C(C)(C)C)[C@H]1CC[C@H]2[C@@H]3CCC4C[C@](O)(C(F)(F)F)CC[C@]4(C)[C@H]3CC[C@]12C. The van der Waals surface area contributed by atoms with Crippen molar-refractivity contribution in [3.8, 4) is 0 Å². The van der Waals surface area contributed by atoms with Gasteiger partial charge in [-0.25, -0.2) is 0 Å². The molecule has 1 unspecified atom stereocenters. The van der Waals surface area contributed by atoms with Crippen molar-refractivity contribution in [2.24, 2.45) is 51.8 Å². The maximum Gasteiger partial charge on any atom is 0.417 e. The summed E-state index contributed by atoms with van der Waals surface area (Å²) in [5.74, 6) is 3.04. The highest BCUT2D eigenvalue weighted by molar-refractivity contribution is 5.11. The van der Waals surface area contributed by atoms with Crippen LogP contribution in [0.3, 0.4) is 0 Å². The average Bonchev–Trinajstić information content (AvgIpc) is 3.08. The van der Waals surface area contributed by atoms with Crippen LogP contribution in [-0.4, -0.2) is 28.1 Å². The molecular formula is C29H49F3O2. The van der Waals surface area contributed by atoms with Gasteiger partial charge in [-0.3, -0.25) is 0 Å². The Labute approximate surface area is 205 Å². The molecule has 4 fully saturated rings. The van der Waals surface area contributed by atoms with Crippen molar-refractivity contribution in [1.29, 1.82) is 0 Å². The maximum atomic E-state index is 13.6. The fourth-order valence-electron chi connectivity index (χ4n) is 9.53. The Bertz CT molecular complexity index is 745. The summed E-state index contributed by atoms with van der Waals surface area (Å²) in [6, 6.07) is 0. The second-order valence-corrected chi connectivity index (χ2v) is 14.6. The van der Waals surface area contributed by atoms with Crippen molar-refractivity contribution in [2.75, 3.05) is 0 Å². The molecule has 2 nitrogen and oxygen atoms in total. The molecule has 4 rings (SSSR count). The lowest BCUT2D eigenvalue weighted by atomic mass is 9.43. The van der Waals surface area contributed by atoms with E-state index in [1.54, 1.807) is 0 Å². The van der Waals surface area contributed by atoms with Crippen LogP contribution in [0.15, 0.2) is 0 Å². The molecule has 4 saturated carbocycles. The molecule has 0 bridgehead atoms. The molecule has 2 N–H and O–H groups in total. The van der Waals surface area contributed by atoms with Gasteiger partial charge in [0, 0.05) is 0 Å². The van der Waals surface area contributed by atoms with Crippen molar-refractivity contribution >= 4 is 0 Å². The summed E-state index contributed by atoms with van der Waals surface area (Å²) in [6.45, 7) is 13.5. The van der Waals surface area contributed by atoms with E-state index >= 15 is 0 Å². The van der Waals surface area contributed by atoms with Gasteiger partial charge in [-0.1, -0.05) is 41.5 Å². The lowest BCUT2D eigenvalue weighted by Gasteiger charge is -2.62. The monoisotopic (exact) mass is 486 g/mol. The average molecular weight is 487 g/mol. The third-order valence-electron chi connectivity index (χ3n) is 11.9. The first-order chi connectivity index (χ1) is 15.5. The van der Waals surface area contributed by atoms with Crippen molar-refractivity contribution in [3.05, 3.63) is 0 Å². The predicted octanol–water partition coefficient (Wildman–Crippen LogP) is 7.76. The number of halogens is 3. The Balaban J connectivity index is 1.46. The van der Waals surface area contributed by atoms with Crippen LogP contribution in [0.2, 0.25) is 0 Å². The van der Waals surface area contributed by atoms with E-state index in [-0.39, 0.29) is 35.7 Å². The molecule has 0 aromatic heterocycles. The summed E-state index contributed by atoms with van der Waals surface area (Å²) < 4.78 is 40.8. The van der Waals surface area contributed by atoms with Crippen LogP contribution in [0.5, 0.6) is 0 Å². The number of hydrogen-bond acceptors (Lipinski definition) is 2. The Hall–Kier alpha value is -0.290. The number of aliphatic hydroxyl groups is 2. The first-order valence-corrected chi connectivity index (χ1v) is 14.0. The molecule has 198 valence electrons. The van der Waals surface area contributed by atoms with E-state index in [0.717, 1.165) is 32.1 Å². The molecule has 0 radical (unpaired) electrons. The Morgan fingerprint density at radius 1 is 0.853 bits per heavy atom. The van der Waals surface area contributed by atoms with Crippen LogP contribution in [0.1, 0.15) is 112 Å². The largest absolute Gasteiger partial charge is 0.417 e. The van der Waals surface area contributed by atoms with Gasteiger partial charge in [0.2, 0.25) is 0 Å². The lowest BCUT2D eigenvalue weighted by molar-refractivity contribution is -0.290. The Morgan fingerprint density at radius 2 is 1.50 bits per heavy atom. The Morgan fingerprint density at radius 3 is 2.12 bits per heavy atom. The summed E-state index contributed by atoms with van der Waals surface area (Å²) in [5, 5.41) is 21.0. The van der Waals surface area contributed by atoms with E-state index in [1.807, 2.05) is 0 Å². The number of hydrogen-bond donors (Lipinski definition) is 2. The third-order valence-corrected chi connectivity index (χ3v) is 11.9. The van der Waals surface area contributed by atoms with Crippen molar-refractivity contribution < 1.29 is 23.4 Å². The quantitative estimate of drug-likeness (QED) is 0.426. The van der Waals surface area contributed by atoms with Gasteiger partial charge in [-0.05, 0) is 122 Å². The molecule has 4 aliphatic carbocycles. The standard InChI is InChI=1S/C29H49F3O2/c1-18(7-12-24(33)25(2,3)4)21-10-11-22-20-9-8-19-17-28(34,29(30,31)32)16-15-26(19,5)23(20)13-14-27(21,22)6/h18-24,33-34H,7-17H2,1-6H3/t18-,19?,20+,21-,22+,23+,24-,26+,27-,28+/m1/s1.